The van der Waals surface area contributed by atoms with Crippen LogP contribution < -0.4 is 0 Å². The molecule has 0 spiro atoms. The number of hydrogen-bond donors (Lipinski definition) is 0. The monoisotopic (exact) mass is 345 g/mol. The molecule has 2 aromatic rings. The second-order valence-electron chi connectivity index (χ2n) is 4.87. The summed E-state index contributed by atoms with van der Waals surface area (Å²) >= 11 is 0. The van der Waals surface area contributed by atoms with Crippen LogP contribution in [0.15, 0.2) is 59.5 Å². The van der Waals surface area contributed by atoms with E-state index in [0.29, 0.717) is 0 Å². The highest BCUT2D eigenvalue weighted by molar-refractivity contribution is 7.86. The highest BCUT2D eigenvalue weighted by atomic mass is 32.2. The summed E-state index contributed by atoms with van der Waals surface area (Å²) in [5.41, 5.74) is 0.403. The number of benzene rings is 2. The van der Waals surface area contributed by atoms with E-state index in [1.807, 2.05) is 0 Å². The van der Waals surface area contributed by atoms with Gasteiger partial charge in [-0.1, -0.05) is 48.0 Å². The maximum Gasteiger partial charge on any atom is 0.398 e. The smallest absolute Gasteiger partial charge is 0.265 e. The Hall–Kier alpha value is -1.86. The molecule has 0 radical (unpaired) electrons. The van der Waals surface area contributed by atoms with Crippen molar-refractivity contribution in [2.24, 2.45) is 0 Å². The quantitative estimate of drug-likeness (QED) is 0.768. The summed E-state index contributed by atoms with van der Waals surface area (Å²) in [5.74, 6) is -3.19. The summed E-state index contributed by atoms with van der Waals surface area (Å²) in [5, 5.41) is 0. The van der Waals surface area contributed by atoms with Gasteiger partial charge in [-0.2, -0.15) is 21.6 Å². The fraction of sp³-hybridized carbons (Fsp3) is 0.250. The fourth-order valence-corrected chi connectivity index (χ4v) is 2.76. The van der Waals surface area contributed by atoms with Crippen molar-refractivity contribution < 1.29 is 27.1 Å². The predicted molar refractivity (Wildman–Crippen MR) is 79.6 cm³/mol. The summed E-state index contributed by atoms with van der Waals surface area (Å²) < 4.78 is 76.6. The SMILES string of the molecule is [2H]C(COS(=O)(=O)c1ccc(C)cc1)(c1ccccc1)C(F)(F)F. The highest BCUT2D eigenvalue weighted by Crippen LogP contribution is 2.35. The van der Waals surface area contributed by atoms with Crippen LogP contribution >= 0.6 is 0 Å². The largest absolute Gasteiger partial charge is 0.398 e. The first-order chi connectivity index (χ1) is 11.1. The lowest BCUT2D eigenvalue weighted by Crippen LogP contribution is -2.26. The van der Waals surface area contributed by atoms with Crippen LogP contribution in [0.2, 0.25) is 0 Å². The van der Waals surface area contributed by atoms with Gasteiger partial charge in [-0.05, 0) is 24.6 Å². The van der Waals surface area contributed by atoms with Gasteiger partial charge in [-0.15, -0.1) is 0 Å². The summed E-state index contributed by atoms with van der Waals surface area (Å²) in [6, 6.07) is 11.9. The average Bonchev–Trinajstić information content (AvgIpc) is 2.53. The van der Waals surface area contributed by atoms with Gasteiger partial charge in [0.05, 0.1) is 11.5 Å². The lowest BCUT2D eigenvalue weighted by molar-refractivity contribution is -0.156. The van der Waals surface area contributed by atoms with Gasteiger partial charge in [0.15, 0.2) is 0 Å². The molecule has 23 heavy (non-hydrogen) atoms. The molecular formula is C16H15F3O3S. The molecule has 1 atom stereocenters. The molecule has 124 valence electrons. The van der Waals surface area contributed by atoms with Crippen LogP contribution in [0.25, 0.3) is 0 Å². The summed E-state index contributed by atoms with van der Waals surface area (Å²) in [7, 11) is -4.40. The summed E-state index contributed by atoms with van der Waals surface area (Å²) in [6.45, 7) is 0.377. The van der Waals surface area contributed by atoms with Gasteiger partial charge in [0.25, 0.3) is 10.1 Å². The minimum Gasteiger partial charge on any atom is -0.265 e. The Kier molecular flexibility index (Phi) is 4.68. The van der Waals surface area contributed by atoms with E-state index >= 15 is 0 Å². The molecule has 0 bridgehead atoms. The molecule has 2 aromatic carbocycles. The van der Waals surface area contributed by atoms with Gasteiger partial charge in [0.1, 0.15) is 5.89 Å². The molecule has 0 saturated carbocycles. The molecule has 0 saturated heterocycles. The zero-order valence-corrected chi connectivity index (χ0v) is 13.0. The Balaban J connectivity index is 2.30. The molecule has 0 aliphatic heterocycles. The first-order valence-corrected chi connectivity index (χ1v) is 8.05. The predicted octanol–water partition coefficient (Wildman–Crippen LogP) is 4.05. The lowest BCUT2D eigenvalue weighted by atomic mass is 10.00. The van der Waals surface area contributed by atoms with Crippen LogP contribution in [0.3, 0.4) is 0 Å². The van der Waals surface area contributed by atoms with E-state index in [4.69, 9.17) is 1.37 Å². The third-order valence-corrected chi connectivity index (χ3v) is 4.41. The van der Waals surface area contributed by atoms with E-state index < -0.39 is 34.4 Å². The molecule has 2 rings (SSSR count). The van der Waals surface area contributed by atoms with Crippen LogP contribution in [0, 0.1) is 6.92 Å². The van der Waals surface area contributed by atoms with Crippen molar-refractivity contribution >= 4 is 10.1 Å². The maximum atomic E-state index is 13.4. The first-order valence-electron chi connectivity index (χ1n) is 7.15. The average molecular weight is 345 g/mol. The highest BCUT2D eigenvalue weighted by Gasteiger charge is 2.41. The van der Waals surface area contributed by atoms with E-state index in [-0.39, 0.29) is 4.90 Å². The second-order valence-corrected chi connectivity index (χ2v) is 6.49. The van der Waals surface area contributed by atoms with Gasteiger partial charge >= 0.3 is 6.18 Å². The molecule has 0 fully saturated rings. The molecule has 7 heteroatoms. The molecule has 0 N–H and O–H groups in total. The van der Waals surface area contributed by atoms with Crippen molar-refractivity contribution in [1.29, 1.82) is 0 Å². The van der Waals surface area contributed by atoms with Gasteiger partial charge in [0.2, 0.25) is 0 Å². The standard InChI is InChI=1S/C16H15F3O3S/c1-12-7-9-14(10-8-12)23(20,21)22-11-15(16(17,18)19)13-5-3-2-4-6-13/h2-10,15H,11H2,1H3/i15D. The number of aryl methyl sites for hydroxylation is 1. The molecule has 1 unspecified atom stereocenters. The Morgan fingerprint density at radius 1 is 1.09 bits per heavy atom. The van der Waals surface area contributed by atoms with Crippen molar-refractivity contribution in [3.63, 3.8) is 0 Å². The summed E-state index contributed by atoms with van der Waals surface area (Å²) in [4.78, 5) is -0.259. The van der Waals surface area contributed by atoms with Crippen LogP contribution in [0.4, 0.5) is 13.2 Å². The third-order valence-electron chi connectivity index (χ3n) is 3.13. The van der Waals surface area contributed by atoms with Crippen molar-refractivity contribution in [2.75, 3.05) is 6.61 Å². The van der Waals surface area contributed by atoms with Crippen molar-refractivity contribution in [3.8, 4) is 0 Å². The molecule has 3 nitrogen and oxygen atoms in total. The topological polar surface area (TPSA) is 43.4 Å². The normalized spacial score (nSPS) is 15.7. The minimum atomic E-state index is -5.00. The zero-order valence-electron chi connectivity index (χ0n) is 13.2. The Morgan fingerprint density at radius 3 is 2.17 bits per heavy atom. The number of alkyl halides is 3. The number of halogens is 3. The Labute approximate surface area is 134 Å². The Bertz CT molecular complexity index is 790. The van der Waals surface area contributed by atoms with Gasteiger partial charge in [-0.25, -0.2) is 0 Å². The zero-order chi connectivity index (χ0) is 18.0. The number of hydrogen-bond acceptors (Lipinski definition) is 3. The van der Waals surface area contributed by atoms with Crippen molar-refractivity contribution in [1.82, 2.24) is 0 Å². The fourth-order valence-electron chi connectivity index (χ4n) is 1.88. The van der Waals surface area contributed by atoms with Gasteiger partial charge in [-0.3, -0.25) is 4.18 Å². The van der Waals surface area contributed by atoms with E-state index in [1.165, 1.54) is 42.5 Å². The number of rotatable bonds is 5. The second kappa shape index (κ2) is 6.72. The van der Waals surface area contributed by atoms with Crippen LogP contribution in [0.1, 0.15) is 18.4 Å². The lowest BCUT2D eigenvalue weighted by Gasteiger charge is -2.20. The van der Waals surface area contributed by atoms with E-state index in [0.717, 1.165) is 17.7 Å². The van der Waals surface area contributed by atoms with E-state index in [9.17, 15) is 21.6 Å². The summed E-state index contributed by atoms with van der Waals surface area (Å²) in [6.07, 6.45) is -5.00. The maximum absolute atomic E-state index is 13.4. The molecule has 0 aliphatic rings. The molecular weight excluding hydrogens is 329 g/mol. The van der Waals surface area contributed by atoms with Crippen LogP contribution in [0.5, 0.6) is 0 Å². The van der Waals surface area contributed by atoms with Crippen molar-refractivity contribution in [2.45, 2.75) is 23.9 Å². The van der Waals surface area contributed by atoms with E-state index in [1.54, 1.807) is 6.92 Å². The first kappa shape index (κ1) is 16.0. The molecule has 0 heterocycles. The van der Waals surface area contributed by atoms with Crippen LogP contribution in [-0.4, -0.2) is 21.2 Å². The van der Waals surface area contributed by atoms with Crippen LogP contribution in [-0.2, 0) is 14.3 Å². The third kappa shape index (κ3) is 4.56. The minimum absolute atomic E-state index is 0.259. The van der Waals surface area contributed by atoms with Gasteiger partial charge < -0.3 is 0 Å². The molecule has 0 aliphatic carbocycles. The molecule has 0 aromatic heterocycles. The van der Waals surface area contributed by atoms with Gasteiger partial charge in [0, 0.05) is 1.37 Å². The van der Waals surface area contributed by atoms with Crippen molar-refractivity contribution in [3.05, 3.63) is 65.7 Å². The Morgan fingerprint density at radius 2 is 1.65 bits per heavy atom. The van der Waals surface area contributed by atoms with E-state index in [2.05, 4.69) is 4.18 Å². The molecule has 0 amide bonds.